The summed E-state index contributed by atoms with van der Waals surface area (Å²) in [4.78, 5) is 0. The van der Waals surface area contributed by atoms with Crippen molar-refractivity contribution in [3.05, 3.63) is 42.0 Å². The quantitative estimate of drug-likeness (QED) is 0.811. The number of aromatic nitrogens is 2. The second-order valence-electron chi connectivity index (χ2n) is 4.30. The summed E-state index contributed by atoms with van der Waals surface area (Å²) in [6.07, 6.45) is 4.28. The van der Waals surface area contributed by atoms with E-state index >= 15 is 0 Å². The maximum Gasteiger partial charge on any atom is 0.206 e. The fourth-order valence-electron chi connectivity index (χ4n) is 1.44. The molecule has 1 aromatic heterocycles. The molecule has 0 saturated carbocycles. The van der Waals surface area contributed by atoms with Crippen molar-refractivity contribution in [2.24, 2.45) is 0 Å². The van der Waals surface area contributed by atoms with Gasteiger partial charge in [-0.05, 0) is 19.4 Å². The van der Waals surface area contributed by atoms with Crippen molar-refractivity contribution in [3.8, 4) is 0 Å². The fourth-order valence-corrected chi connectivity index (χ4v) is 3.17. The summed E-state index contributed by atoms with van der Waals surface area (Å²) < 4.78 is 1.00. The van der Waals surface area contributed by atoms with E-state index in [1.165, 1.54) is 5.56 Å². The molecule has 0 radical (unpaired) electrons. The van der Waals surface area contributed by atoms with Gasteiger partial charge in [-0.25, -0.2) is 0 Å². The first-order valence-corrected chi connectivity index (χ1v) is 7.98. The van der Waals surface area contributed by atoms with Gasteiger partial charge in [-0.2, -0.15) is 0 Å². The number of hydrogen-bond acceptors (Lipinski definition) is 5. The molecule has 0 fully saturated rings. The molecule has 100 valence electrons. The minimum Gasteiger partial charge on any atom is -0.358 e. The standard InChI is InChI=1S/C14H17N3S2/c1-11(2)15-13-16-17-14(19-13)18-10-6-9-12-7-4-3-5-8-12/h3-9,11H,10H2,1-2H3,(H,15,16). The number of nitrogens with zero attached hydrogens (tertiary/aromatic N) is 2. The molecule has 2 rings (SSSR count). The van der Waals surface area contributed by atoms with Crippen LogP contribution in [-0.4, -0.2) is 22.0 Å². The van der Waals surface area contributed by atoms with Crippen LogP contribution in [0.3, 0.4) is 0 Å². The lowest BCUT2D eigenvalue weighted by atomic mass is 10.2. The van der Waals surface area contributed by atoms with Crippen LogP contribution in [0.25, 0.3) is 6.08 Å². The number of anilines is 1. The maximum absolute atomic E-state index is 4.15. The summed E-state index contributed by atoms with van der Waals surface area (Å²) in [5.41, 5.74) is 1.22. The van der Waals surface area contributed by atoms with Crippen LogP contribution in [0.5, 0.6) is 0 Å². The van der Waals surface area contributed by atoms with Crippen LogP contribution in [-0.2, 0) is 0 Å². The molecule has 0 aliphatic heterocycles. The predicted molar refractivity (Wildman–Crippen MR) is 84.9 cm³/mol. The Labute approximate surface area is 122 Å². The zero-order valence-electron chi connectivity index (χ0n) is 11.0. The summed E-state index contributed by atoms with van der Waals surface area (Å²) in [7, 11) is 0. The van der Waals surface area contributed by atoms with Crippen LogP contribution in [0.15, 0.2) is 40.7 Å². The largest absolute Gasteiger partial charge is 0.358 e. The van der Waals surface area contributed by atoms with Crippen molar-refractivity contribution < 1.29 is 0 Å². The van der Waals surface area contributed by atoms with E-state index in [1.54, 1.807) is 23.1 Å². The van der Waals surface area contributed by atoms with E-state index in [4.69, 9.17) is 0 Å². The van der Waals surface area contributed by atoms with Gasteiger partial charge >= 0.3 is 0 Å². The molecule has 2 aromatic rings. The average Bonchev–Trinajstić information content (AvgIpc) is 2.83. The van der Waals surface area contributed by atoms with Crippen molar-refractivity contribution in [2.45, 2.75) is 24.2 Å². The predicted octanol–water partition coefficient (Wildman–Crippen LogP) is 4.16. The molecule has 0 saturated heterocycles. The topological polar surface area (TPSA) is 37.8 Å². The van der Waals surface area contributed by atoms with Crippen LogP contribution in [0, 0.1) is 0 Å². The summed E-state index contributed by atoms with van der Waals surface area (Å²) >= 11 is 3.31. The SMILES string of the molecule is CC(C)Nc1nnc(SCC=Cc2ccccc2)s1. The van der Waals surface area contributed by atoms with Gasteiger partial charge in [0.05, 0.1) is 0 Å². The van der Waals surface area contributed by atoms with Crippen molar-refractivity contribution in [1.29, 1.82) is 0 Å². The molecule has 0 bridgehead atoms. The fraction of sp³-hybridized carbons (Fsp3) is 0.286. The Hall–Kier alpha value is -1.33. The molecule has 0 aliphatic rings. The summed E-state index contributed by atoms with van der Waals surface area (Å²) in [5.74, 6) is 0.908. The van der Waals surface area contributed by atoms with Crippen molar-refractivity contribution in [1.82, 2.24) is 10.2 Å². The Bertz CT molecular complexity index is 520. The molecule has 3 nitrogen and oxygen atoms in total. The number of rotatable bonds is 6. The molecule has 0 amide bonds. The van der Waals surface area contributed by atoms with Crippen LogP contribution < -0.4 is 5.32 Å². The Balaban J connectivity index is 1.79. The molecule has 1 heterocycles. The molecular formula is C14H17N3S2. The lowest BCUT2D eigenvalue weighted by Gasteiger charge is -2.02. The second-order valence-corrected chi connectivity index (χ2v) is 6.54. The van der Waals surface area contributed by atoms with Gasteiger partial charge in [-0.15, -0.1) is 10.2 Å². The Morgan fingerprint density at radius 1 is 1.26 bits per heavy atom. The number of benzene rings is 1. The third-order valence-corrected chi connectivity index (χ3v) is 4.17. The van der Waals surface area contributed by atoms with Gasteiger partial charge in [0.1, 0.15) is 0 Å². The van der Waals surface area contributed by atoms with Gasteiger partial charge < -0.3 is 5.32 Å². The molecule has 5 heteroatoms. The zero-order valence-corrected chi connectivity index (χ0v) is 12.7. The lowest BCUT2D eigenvalue weighted by molar-refractivity contribution is 0.883. The first-order valence-electron chi connectivity index (χ1n) is 6.18. The highest BCUT2D eigenvalue weighted by Gasteiger charge is 2.04. The van der Waals surface area contributed by atoms with Crippen LogP contribution in [0.2, 0.25) is 0 Å². The van der Waals surface area contributed by atoms with Gasteiger partial charge in [-0.3, -0.25) is 0 Å². The highest BCUT2D eigenvalue weighted by atomic mass is 32.2. The number of hydrogen-bond donors (Lipinski definition) is 1. The molecule has 19 heavy (non-hydrogen) atoms. The van der Waals surface area contributed by atoms with E-state index in [1.807, 2.05) is 18.2 Å². The molecule has 0 unspecified atom stereocenters. The van der Waals surface area contributed by atoms with Crippen LogP contribution in [0.1, 0.15) is 19.4 Å². The maximum atomic E-state index is 4.15. The van der Waals surface area contributed by atoms with Gasteiger partial charge in [0, 0.05) is 11.8 Å². The Morgan fingerprint density at radius 2 is 2.05 bits per heavy atom. The van der Waals surface area contributed by atoms with Crippen LogP contribution >= 0.6 is 23.1 Å². The summed E-state index contributed by atoms with van der Waals surface area (Å²) in [5, 5.41) is 12.4. The van der Waals surface area contributed by atoms with Crippen molar-refractivity contribution >= 4 is 34.3 Å². The van der Waals surface area contributed by atoms with E-state index in [0.717, 1.165) is 15.2 Å². The third-order valence-electron chi connectivity index (χ3n) is 2.23. The monoisotopic (exact) mass is 291 g/mol. The molecule has 1 N–H and O–H groups in total. The van der Waals surface area contributed by atoms with Gasteiger partial charge in [-0.1, -0.05) is 65.6 Å². The van der Waals surface area contributed by atoms with E-state index in [9.17, 15) is 0 Å². The number of thioether (sulfide) groups is 1. The normalized spacial score (nSPS) is 11.3. The van der Waals surface area contributed by atoms with Gasteiger partial charge in [0.25, 0.3) is 0 Å². The molecule has 0 aliphatic carbocycles. The van der Waals surface area contributed by atoms with Crippen LogP contribution in [0.4, 0.5) is 5.13 Å². The van der Waals surface area contributed by atoms with E-state index in [0.29, 0.717) is 6.04 Å². The Kier molecular flexibility index (Phi) is 5.42. The van der Waals surface area contributed by atoms with E-state index in [2.05, 4.69) is 53.6 Å². The van der Waals surface area contributed by atoms with E-state index in [-0.39, 0.29) is 0 Å². The highest BCUT2D eigenvalue weighted by molar-refractivity contribution is 8.01. The minimum atomic E-state index is 0.392. The molecule has 0 atom stereocenters. The lowest BCUT2D eigenvalue weighted by Crippen LogP contribution is -2.08. The number of nitrogens with one attached hydrogen (secondary N) is 1. The molecular weight excluding hydrogens is 274 g/mol. The third kappa shape index (κ3) is 5.04. The first-order chi connectivity index (χ1) is 9.24. The smallest absolute Gasteiger partial charge is 0.206 e. The Morgan fingerprint density at radius 3 is 2.79 bits per heavy atom. The molecule has 1 aromatic carbocycles. The van der Waals surface area contributed by atoms with Gasteiger partial charge in [0.15, 0.2) is 4.34 Å². The first kappa shape index (κ1) is 14.1. The van der Waals surface area contributed by atoms with Crippen molar-refractivity contribution in [2.75, 3.05) is 11.1 Å². The second kappa shape index (κ2) is 7.31. The summed E-state index contributed by atoms with van der Waals surface area (Å²) in [6, 6.07) is 10.7. The molecule has 0 spiro atoms. The average molecular weight is 291 g/mol. The van der Waals surface area contributed by atoms with Crippen molar-refractivity contribution in [3.63, 3.8) is 0 Å². The zero-order chi connectivity index (χ0) is 13.5. The summed E-state index contributed by atoms with van der Waals surface area (Å²) in [6.45, 7) is 4.19. The van der Waals surface area contributed by atoms with E-state index < -0.39 is 0 Å². The minimum absolute atomic E-state index is 0.392. The highest BCUT2D eigenvalue weighted by Crippen LogP contribution is 2.25. The van der Waals surface area contributed by atoms with Gasteiger partial charge in [0.2, 0.25) is 5.13 Å².